The molecule has 33 heavy (non-hydrogen) atoms. The average molecular weight is 472 g/mol. The molecule has 0 radical (unpaired) electrons. The second-order valence-electron chi connectivity index (χ2n) is 8.54. The van der Waals surface area contributed by atoms with Crippen molar-refractivity contribution in [1.82, 2.24) is 15.1 Å². The van der Waals surface area contributed by atoms with Gasteiger partial charge < -0.3 is 19.7 Å². The summed E-state index contributed by atoms with van der Waals surface area (Å²) in [6, 6.07) is 5.11. The number of piperazine rings is 1. The van der Waals surface area contributed by atoms with Crippen LogP contribution in [0.2, 0.25) is 0 Å². The smallest absolute Gasteiger partial charge is 0.385 e. The van der Waals surface area contributed by atoms with Crippen molar-refractivity contribution in [2.45, 2.75) is 30.9 Å². The van der Waals surface area contributed by atoms with Gasteiger partial charge in [-0.1, -0.05) is 18.2 Å². The van der Waals surface area contributed by atoms with Gasteiger partial charge >= 0.3 is 6.18 Å². The summed E-state index contributed by atoms with van der Waals surface area (Å²) in [5.74, 6) is -0.232. The maximum Gasteiger partial charge on any atom is 0.416 e. The zero-order valence-electron chi connectivity index (χ0n) is 19.0. The third kappa shape index (κ3) is 6.45. The van der Waals surface area contributed by atoms with Crippen LogP contribution in [-0.2, 0) is 30.7 Å². The lowest BCUT2D eigenvalue weighted by Crippen LogP contribution is -2.56. The molecule has 1 N–H and O–H groups in total. The Bertz CT molecular complexity index is 804. The maximum absolute atomic E-state index is 13.6. The summed E-state index contributed by atoms with van der Waals surface area (Å²) in [5, 5.41) is 2.85. The number of methoxy groups -OCH3 is 1. The van der Waals surface area contributed by atoms with E-state index in [1.165, 1.54) is 6.07 Å². The van der Waals surface area contributed by atoms with Gasteiger partial charge in [0.05, 0.1) is 17.5 Å². The first-order valence-corrected chi connectivity index (χ1v) is 11.3. The number of hydrogen-bond donors (Lipinski definition) is 1. The van der Waals surface area contributed by atoms with Gasteiger partial charge in [0.15, 0.2) is 0 Å². The number of nitrogens with one attached hydrogen (secondary N) is 1. The van der Waals surface area contributed by atoms with E-state index < -0.39 is 17.2 Å². The summed E-state index contributed by atoms with van der Waals surface area (Å²) >= 11 is 0. The number of ether oxygens (including phenoxy) is 2. The van der Waals surface area contributed by atoms with Crippen LogP contribution in [0.4, 0.5) is 13.2 Å². The fourth-order valence-electron chi connectivity index (χ4n) is 4.45. The van der Waals surface area contributed by atoms with Crippen LogP contribution in [-0.4, -0.2) is 87.8 Å². The van der Waals surface area contributed by atoms with Gasteiger partial charge in [-0.25, -0.2) is 0 Å². The Morgan fingerprint density at radius 2 is 1.85 bits per heavy atom. The first-order valence-electron chi connectivity index (χ1n) is 11.3. The fraction of sp³-hybridized carbons (Fsp3) is 0.652. The SMILES string of the molecule is COCCCNC(=O)CN1CCN(C(=O)C2(c3cccc(C(F)(F)F)c3)CCOCC2)CC1. The van der Waals surface area contributed by atoms with E-state index in [4.69, 9.17) is 9.47 Å². The number of carbonyl (C=O) groups excluding carboxylic acids is 2. The molecule has 1 aromatic carbocycles. The predicted molar refractivity (Wildman–Crippen MR) is 116 cm³/mol. The first-order chi connectivity index (χ1) is 15.8. The molecule has 0 atom stereocenters. The summed E-state index contributed by atoms with van der Waals surface area (Å²) in [6.07, 6.45) is -3.04. The van der Waals surface area contributed by atoms with Crippen molar-refractivity contribution in [3.05, 3.63) is 35.4 Å². The molecule has 2 saturated heterocycles. The third-order valence-corrected chi connectivity index (χ3v) is 6.37. The number of benzene rings is 1. The van der Waals surface area contributed by atoms with E-state index in [2.05, 4.69) is 5.32 Å². The summed E-state index contributed by atoms with van der Waals surface area (Å²) in [6.45, 7) is 3.96. The topological polar surface area (TPSA) is 71.1 Å². The number of carbonyl (C=O) groups is 2. The fourth-order valence-corrected chi connectivity index (χ4v) is 4.45. The molecule has 2 amide bonds. The van der Waals surface area contributed by atoms with Gasteiger partial charge in [0.1, 0.15) is 0 Å². The molecule has 0 unspecified atom stereocenters. The highest BCUT2D eigenvalue weighted by molar-refractivity contribution is 5.88. The zero-order valence-corrected chi connectivity index (χ0v) is 19.0. The number of rotatable bonds is 8. The lowest BCUT2D eigenvalue weighted by atomic mass is 9.72. The van der Waals surface area contributed by atoms with Crippen molar-refractivity contribution in [2.75, 3.05) is 66.2 Å². The highest BCUT2D eigenvalue weighted by atomic mass is 19.4. The molecular weight excluding hydrogens is 439 g/mol. The molecule has 0 spiro atoms. The van der Waals surface area contributed by atoms with Crippen molar-refractivity contribution in [3.8, 4) is 0 Å². The Labute approximate surface area is 192 Å². The van der Waals surface area contributed by atoms with Crippen LogP contribution in [0.1, 0.15) is 30.4 Å². The molecule has 10 heteroatoms. The lowest BCUT2D eigenvalue weighted by molar-refractivity contribution is -0.144. The van der Waals surface area contributed by atoms with Gasteiger partial charge in [-0.3, -0.25) is 14.5 Å². The molecule has 3 rings (SSSR count). The van der Waals surface area contributed by atoms with Gasteiger partial charge in [-0.2, -0.15) is 13.2 Å². The minimum atomic E-state index is -4.47. The number of hydrogen-bond acceptors (Lipinski definition) is 5. The zero-order chi connectivity index (χ0) is 23.9. The molecule has 0 aliphatic carbocycles. The predicted octanol–water partition coefficient (Wildman–Crippen LogP) is 2.05. The monoisotopic (exact) mass is 471 g/mol. The second-order valence-corrected chi connectivity index (χ2v) is 8.54. The van der Waals surface area contributed by atoms with Gasteiger partial charge in [0.2, 0.25) is 11.8 Å². The van der Waals surface area contributed by atoms with Crippen molar-refractivity contribution in [2.24, 2.45) is 0 Å². The summed E-state index contributed by atoms with van der Waals surface area (Å²) in [7, 11) is 1.61. The van der Waals surface area contributed by atoms with Crippen LogP contribution in [0.25, 0.3) is 0 Å². The average Bonchev–Trinajstić information content (AvgIpc) is 2.82. The van der Waals surface area contributed by atoms with Crippen LogP contribution >= 0.6 is 0 Å². The molecular formula is C23H32F3N3O4. The Hall–Kier alpha value is -2.17. The molecule has 2 fully saturated rings. The Balaban J connectivity index is 1.64. The number of halogens is 3. The lowest BCUT2D eigenvalue weighted by Gasteiger charge is -2.43. The Morgan fingerprint density at radius 3 is 2.48 bits per heavy atom. The van der Waals surface area contributed by atoms with E-state index in [1.807, 2.05) is 4.90 Å². The number of amides is 2. The van der Waals surface area contributed by atoms with E-state index in [9.17, 15) is 22.8 Å². The van der Waals surface area contributed by atoms with Crippen molar-refractivity contribution >= 4 is 11.8 Å². The van der Waals surface area contributed by atoms with Crippen molar-refractivity contribution in [1.29, 1.82) is 0 Å². The first kappa shape index (κ1) is 25.5. The van der Waals surface area contributed by atoms with Crippen LogP contribution in [0.3, 0.4) is 0 Å². The van der Waals surface area contributed by atoms with Crippen LogP contribution in [0, 0.1) is 0 Å². The molecule has 2 aliphatic rings. The second kappa shape index (κ2) is 11.3. The highest BCUT2D eigenvalue weighted by Gasteiger charge is 2.45. The van der Waals surface area contributed by atoms with Crippen molar-refractivity contribution in [3.63, 3.8) is 0 Å². The number of alkyl halides is 3. The summed E-state index contributed by atoms with van der Waals surface area (Å²) in [4.78, 5) is 29.5. The normalized spacial score (nSPS) is 19.3. The van der Waals surface area contributed by atoms with Gasteiger partial charge in [-0.05, 0) is 30.9 Å². The number of nitrogens with zero attached hydrogens (tertiary/aromatic N) is 2. The van der Waals surface area contributed by atoms with Crippen LogP contribution in [0.5, 0.6) is 0 Å². The van der Waals surface area contributed by atoms with E-state index in [1.54, 1.807) is 18.1 Å². The van der Waals surface area contributed by atoms with E-state index in [-0.39, 0.29) is 18.4 Å². The summed E-state index contributed by atoms with van der Waals surface area (Å²) < 4.78 is 50.3. The van der Waals surface area contributed by atoms with Gasteiger partial charge in [0.25, 0.3) is 0 Å². The van der Waals surface area contributed by atoms with Gasteiger partial charge in [-0.15, -0.1) is 0 Å². The Kier molecular flexibility index (Phi) is 8.72. The maximum atomic E-state index is 13.6. The molecule has 2 aliphatic heterocycles. The minimum Gasteiger partial charge on any atom is -0.385 e. The molecule has 2 heterocycles. The quantitative estimate of drug-likeness (QED) is 0.588. The van der Waals surface area contributed by atoms with E-state index in [0.29, 0.717) is 70.9 Å². The molecule has 0 bridgehead atoms. The molecule has 7 nitrogen and oxygen atoms in total. The third-order valence-electron chi connectivity index (χ3n) is 6.37. The van der Waals surface area contributed by atoms with Crippen LogP contribution < -0.4 is 5.32 Å². The standard InChI is InChI=1S/C23H32F3N3O4/c1-32-13-3-8-27-20(30)17-28-9-11-29(12-10-28)21(31)22(6-14-33-15-7-22)18-4-2-5-19(16-18)23(24,25)26/h2,4-5,16H,3,6-15,17H2,1H3,(H,27,30). The molecule has 184 valence electrons. The summed E-state index contributed by atoms with van der Waals surface area (Å²) in [5.41, 5.74) is -1.39. The Morgan fingerprint density at radius 1 is 1.15 bits per heavy atom. The molecule has 1 aromatic rings. The van der Waals surface area contributed by atoms with Crippen molar-refractivity contribution < 1.29 is 32.2 Å². The highest BCUT2D eigenvalue weighted by Crippen LogP contribution is 2.39. The van der Waals surface area contributed by atoms with Crippen LogP contribution in [0.15, 0.2) is 24.3 Å². The van der Waals surface area contributed by atoms with Gasteiger partial charge in [0, 0.05) is 59.7 Å². The van der Waals surface area contributed by atoms with E-state index >= 15 is 0 Å². The minimum absolute atomic E-state index is 0.0734. The molecule has 0 saturated carbocycles. The van der Waals surface area contributed by atoms with E-state index in [0.717, 1.165) is 18.6 Å². The largest absolute Gasteiger partial charge is 0.416 e. The molecule has 0 aromatic heterocycles.